The summed E-state index contributed by atoms with van der Waals surface area (Å²) in [6.07, 6.45) is 4.72. The topological polar surface area (TPSA) is 41.6 Å². The molecule has 1 amide bonds. The fourth-order valence-electron chi connectivity index (χ4n) is 3.90. The van der Waals surface area contributed by atoms with E-state index in [9.17, 15) is 4.79 Å². The van der Waals surface area contributed by atoms with Crippen LogP contribution in [-0.2, 0) is 10.2 Å². The van der Waals surface area contributed by atoms with Crippen molar-refractivity contribution in [3.8, 4) is 5.75 Å². The van der Waals surface area contributed by atoms with Gasteiger partial charge in [0.05, 0.1) is 12.0 Å². The lowest BCUT2D eigenvalue weighted by atomic mass is 9.78. The van der Waals surface area contributed by atoms with Crippen molar-refractivity contribution in [3.63, 3.8) is 0 Å². The molecule has 0 spiro atoms. The second kappa shape index (κ2) is 9.44. The number of ether oxygens (including phenoxy) is 1. The van der Waals surface area contributed by atoms with E-state index < -0.39 is 5.41 Å². The Labute approximate surface area is 172 Å². The van der Waals surface area contributed by atoms with Crippen molar-refractivity contribution in [1.82, 2.24) is 4.90 Å². The highest BCUT2D eigenvalue weighted by Crippen LogP contribution is 2.44. The molecule has 28 heavy (non-hydrogen) atoms. The number of anilines is 1. The van der Waals surface area contributed by atoms with Crippen LogP contribution in [0.5, 0.6) is 5.75 Å². The number of rotatable bonds is 8. The summed E-state index contributed by atoms with van der Waals surface area (Å²) in [6.45, 7) is 1.68. The zero-order valence-corrected chi connectivity index (χ0v) is 17.5. The standard InChI is InChI=1S/C23H29ClN2O2/c1-26(2)16-7-17-28-19-12-10-18(11-13-19)25-22(27)23(14-5-6-15-23)20-8-3-4-9-21(20)24/h3-4,8-13H,5-7,14-17H2,1-2H3,(H,25,27). The first-order chi connectivity index (χ1) is 13.5. The predicted molar refractivity (Wildman–Crippen MR) is 115 cm³/mol. The molecule has 1 N–H and O–H groups in total. The second-order valence-electron chi connectivity index (χ2n) is 7.75. The number of amides is 1. The normalized spacial score (nSPS) is 15.6. The van der Waals surface area contributed by atoms with Crippen LogP contribution in [0, 0.1) is 0 Å². The molecule has 0 aliphatic heterocycles. The Morgan fingerprint density at radius 3 is 2.43 bits per heavy atom. The zero-order valence-electron chi connectivity index (χ0n) is 16.7. The second-order valence-corrected chi connectivity index (χ2v) is 8.16. The summed E-state index contributed by atoms with van der Waals surface area (Å²) in [6, 6.07) is 15.3. The Bertz CT molecular complexity index is 783. The van der Waals surface area contributed by atoms with Gasteiger partial charge < -0.3 is 15.0 Å². The molecule has 2 aromatic carbocycles. The predicted octanol–water partition coefficient (Wildman–Crippen LogP) is 5.12. The van der Waals surface area contributed by atoms with E-state index in [0.29, 0.717) is 11.6 Å². The summed E-state index contributed by atoms with van der Waals surface area (Å²) in [5, 5.41) is 3.77. The van der Waals surface area contributed by atoms with Crippen LogP contribution in [0.3, 0.4) is 0 Å². The van der Waals surface area contributed by atoms with Crippen LogP contribution in [0.2, 0.25) is 5.02 Å². The summed E-state index contributed by atoms with van der Waals surface area (Å²) < 4.78 is 5.76. The molecule has 0 saturated heterocycles. The van der Waals surface area contributed by atoms with Gasteiger partial charge in [-0.3, -0.25) is 4.79 Å². The number of benzene rings is 2. The van der Waals surface area contributed by atoms with E-state index in [2.05, 4.69) is 24.3 Å². The van der Waals surface area contributed by atoms with Crippen molar-refractivity contribution in [1.29, 1.82) is 0 Å². The number of nitrogens with one attached hydrogen (secondary N) is 1. The van der Waals surface area contributed by atoms with Gasteiger partial charge >= 0.3 is 0 Å². The smallest absolute Gasteiger partial charge is 0.235 e. The molecule has 0 unspecified atom stereocenters. The first kappa shape index (κ1) is 20.7. The van der Waals surface area contributed by atoms with Gasteiger partial charge in [0.15, 0.2) is 0 Å². The van der Waals surface area contributed by atoms with Crippen LogP contribution in [-0.4, -0.2) is 38.1 Å². The molecule has 4 nitrogen and oxygen atoms in total. The molecule has 150 valence electrons. The monoisotopic (exact) mass is 400 g/mol. The first-order valence-corrected chi connectivity index (χ1v) is 10.3. The molecule has 1 fully saturated rings. The quantitative estimate of drug-likeness (QED) is 0.625. The van der Waals surface area contributed by atoms with Gasteiger partial charge in [0.25, 0.3) is 0 Å². The summed E-state index contributed by atoms with van der Waals surface area (Å²) in [4.78, 5) is 15.4. The van der Waals surface area contributed by atoms with Gasteiger partial charge in [0, 0.05) is 17.3 Å². The lowest BCUT2D eigenvalue weighted by Crippen LogP contribution is -2.38. The van der Waals surface area contributed by atoms with Crippen LogP contribution in [0.4, 0.5) is 5.69 Å². The molecule has 0 atom stereocenters. The van der Waals surface area contributed by atoms with Crippen LogP contribution in [0.1, 0.15) is 37.7 Å². The van der Waals surface area contributed by atoms with E-state index >= 15 is 0 Å². The summed E-state index contributed by atoms with van der Waals surface area (Å²) in [5.74, 6) is 0.844. The van der Waals surface area contributed by atoms with E-state index in [1.165, 1.54) is 0 Å². The number of hydrogen-bond donors (Lipinski definition) is 1. The molecule has 1 saturated carbocycles. The van der Waals surface area contributed by atoms with E-state index in [0.717, 1.165) is 55.6 Å². The fraction of sp³-hybridized carbons (Fsp3) is 0.435. The van der Waals surface area contributed by atoms with Crippen LogP contribution < -0.4 is 10.1 Å². The third-order valence-corrected chi connectivity index (χ3v) is 5.74. The molecular weight excluding hydrogens is 372 g/mol. The highest BCUT2D eigenvalue weighted by atomic mass is 35.5. The SMILES string of the molecule is CN(C)CCCOc1ccc(NC(=O)C2(c3ccccc3Cl)CCCC2)cc1. The maximum Gasteiger partial charge on any atom is 0.235 e. The Morgan fingerprint density at radius 1 is 1.11 bits per heavy atom. The molecule has 5 heteroatoms. The van der Waals surface area contributed by atoms with Gasteiger partial charge in [-0.25, -0.2) is 0 Å². The number of nitrogens with zero attached hydrogens (tertiary/aromatic N) is 1. The van der Waals surface area contributed by atoms with Crippen molar-refractivity contribution in [2.24, 2.45) is 0 Å². The number of halogens is 1. The summed E-state index contributed by atoms with van der Waals surface area (Å²) >= 11 is 6.44. The minimum atomic E-state index is -0.542. The van der Waals surface area contributed by atoms with Gasteiger partial charge in [-0.2, -0.15) is 0 Å². The van der Waals surface area contributed by atoms with Gasteiger partial charge in [-0.15, -0.1) is 0 Å². The summed E-state index contributed by atoms with van der Waals surface area (Å²) in [5.41, 5.74) is 1.18. The Hall–Kier alpha value is -2.04. The molecule has 0 heterocycles. The van der Waals surface area contributed by atoms with E-state index in [4.69, 9.17) is 16.3 Å². The van der Waals surface area contributed by atoms with Crippen LogP contribution >= 0.6 is 11.6 Å². The molecule has 2 aromatic rings. The molecule has 3 rings (SSSR count). The van der Waals surface area contributed by atoms with Gasteiger partial charge in [0.2, 0.25) is 5.91 Å². The fourth-order valence-corrected chi connectivity index (χ4v) is 4.22. The van der Waals surface area contributed by atoms with E-state index in [-0.39, 0.29) is 5.91 Å². The minimum absolute atomic E-state index is 0.0257. The van der Waals surface area contributed by atoms with Gasteiger partial charge in [0.1, 0.15) is 5.75 Å². The van der Waals surface area contributed by atoms with Crippen LogP contribution in [0.15, 0.2) is 48.5 Å². The molecule has 0 radical (unpaired) electrons. The maximum absolute atomic E-state index is 13.2. The Kier molecular flexibility index (Phi) is 6.97. The van der Waals surface area contributed by atoms with Crippen molar-refractivity contribution >= 4 is 23.2 Å². The summed E-state index contributed by atoms with van der Waals surface area (Å²) in [7, 11) is 4.11. The lowest BCUT2D eigenvalue weighted by molar-refractivity contribution is -0.121. The lowest BCUT2D eigenvalue weighted by Gasteiger charge is -2.29. The van der Waals surface area contributed by atoms with E-state index in [1.54, 1.807) is 0 Å². The first-order valence-electron chi connectivity index (χ1n) is 9.95. The maximum atomic E-state index is 13.2. The average molecular weight is 401 g/mol. The van der Waals surface area contributed by atoms with Gasteiger partial charge in [-0.1, -0.05) is 42.6 Å². The highest BCUT2D eigenvalue weighted by molar-refractivity contribution is 6.31. The van der Waals surface area contributed by atoms with Crippen molar-refractivity contribution in [2.45, 2.75) is 37.5 Å². The largest absolute Gasteiger partial charge is 0.494 e. The highest BCUT2D eigenvalue weighted by Gasteiger charge is 2.43. The Morgan fingerprint density at radius 2 is 1.79 bits per heavy atom. The average Bonchev–Trinajstić information content (AvgIpc) is 3.18. The van der Waals surface area contributed by atoms with Crippen molar-refractivity contribution in [2.75, 3.05) is 32.6 Å². The molecule has 1 aliphatic rings. The van der Waals surface area contributed by atoms with E-state index in [1.807, 2.05) is 48.5 Å². The van der Waals surface area contributed by atoms with Crippen molar-refractivity contribution in [3.05, 3.63) is 59.1 Å². The minimum Gasteiger partial charge on any atom is -0.494 e. The van der Waals surface area contributed by atoms with Gasteiger partial charge in [-0.05, 0) is 69.3 Å². The number of carbonyl (C=O) groups excluding carboxylic acids is 1. The number of hydrogen-bond acceptors (Lipinski definition) is 3. The third-order valence-electron chi connectivity index (χ3n) is 5.41. The Balaban J connectivity index is 1.65. The molecule has 0 aromatic heterocycles. The van der Waals surface area contributed by atoms with Crippen molar-refractivity contribution < 1.29 is 9.53 Å². The van der Waals surface area contributed by atoms with Crippen LogP contribution in [0.25, 0.3) is 0 Å². The molecular formula is C23H29ClN2O2. The zero-order chi connectivity index (χ0) is 20.0. The number of carbonyl (C=O) groups is 1. The molecule has 1 aliphatic carbocycles. The molecule has 0 bridgehead atoms. The third kappa shape index (κ3) is 4.86.